The van der Waals surface area contributed by atoms with Crippen molar-refractivity contribution in [2.45, 2.75) is 31.7 Å². The average Bonchev–Trinajstić information content (AvgIpc) is 2.44. The Balaban J connectivity index is 2.38. The van der Waals surface area contributed by atoms with Gasteiger partial charge in [-0.15, -0.1) is 0 Å². The van der Waals surface area contributed by atoms with Gasteiger partial charge in [0.1, 0.15) is 11.3 Å². The van der Waals surface area contributed by atoms with Gasteiger partial charge in [0.15, 0.2) is 0 Å². The molecule has 0 saturated carbocycles. The van der Waals surface area contributed by atoms with E-state index in [-0.39, 0.29) is 5.69 Å². The third-order valence-electron chi connectivity index (χ3n) is 2.94. The van der Waals surface area contributed by atoms with Gasteiger partial charge in [0, 0.05) is 12.1 Å². The van der Waals surface area contributed by atoms with Crippen molar-refractivity contribution in [1.82, 2.24) is 0 Å². The minimum Gasteiger partial charge on any atom is -0.494 e. The summed E-state index contributed by atoms with van der Waals surface area (Å²) in [6.07, 6.45) is 1.82. The first-order chi connectivity index (χ1) is 9.00. The van der Waals surface area contributed by atoms with Crippen LogP contribution >= 0.6 is 0 Å². The number of non-ortho nitro benzene ring substituents is 1. The molecule has 1 atom stereocenters. The summed E-state index contributed by atoms with van der Waals surface area (Å²) >= 11 is 0. The highest BCUT2D eigenvalue weighted by atomic mass is 16.6. The van der Waals surface area contributed by atoms with Crippen LogP contribution in [-0.4, -0.2) is 17.1 Å². The molecule has 0 aliphatic carbocycles. The van der Waals surface area contributed by atoms with Crippen LogP contribution in [0.4, 0.5) is 5.69 Å². The molecule has 0 aromatic heterocycles. The second-order valence-corrected chi connectivity index (χ2v) is 4.32. The zero-order valence-electron chi connectivity index (χ0n) is 10.8. The van der Waals surface area contributed by atoms with Crippen LogP contribution in [0.15, 0.2) is 24.3 Å². The van der Waals surface area contributed by atoms with Crippen LogP contribution in [-0.2, 0) is 0 Å². The molecule has 1 aromatic rings. The normalized spacial score (nSPS) is 13.3. The lowest BCUT2D eigenvalue weighted by atomic mass is 9.94. The van der Waals surface area contributed by atoms with E-state index >= 15 is 0 Å². The Morgan fingerprint density at radius 1 is 1.47 bits per heavy atom. The summed E-state index contributed by atoms with van der Waals surface area (Å²) in [5.74, 6) is 0.571. The number of benzene rings is 1. The molecule has 0 aliphatic rings. The number of ether oxygens (including phenoxy) is 1. The second kappa shape index (κ2) is 6.71. The van der Waals surface area contributed by atoms with Crippen molar-refractivity contribution in [3.8, 4) is 11.8 Å². The summed E-state index contributed by atoms with van der Waals surface area (Å²) in [4.78, 5) is 10.0. The quantitative estimate of drug-likeness (QED) is 0.462. The number of hydrogen-bond donors (Lipinski definition) is 1. The maximum absolute atomic E-state index is 10.5. The molecule has 0 aliphatic heterocycles. The number of nitriles is 1. The Kier molecular flexibility index (Phi) is 5.27. The Labute approximate surface area is 111 Å². The highest BCUT2D eigenvalue weighted by Gasteiger charge is 2.21. The summed E-state index contributed by atoms with van der Waals surface area (Å²) in [6.45, 7) is 2.30. The Morgan fingerprint density at radius 2 is 2.11 bits per heavy atom. The molecule has 0 radical (unpaired) electrons. The van der Waals surface area contributed by atoms with E-state index in [0.717, 1.165) is 0 Å². The zero-order valence-corrected chi connectivity index (χ0v) is 10.8. The fourth-order valence-electron chi connectivity index (χ4n) is 1.55. The smallest absolute Gasteiger partial charge is 0.269 e. The van der Waals surface area contributed by atoms with Crippen molar-refractivity contribution < 1.29 is 9.66 Å². The van der Waals surface area contributed by atoms with E-state index < -0.39 is 10.5 Å². The molecular formula is C13H17N3O3. The number of rotatable bonds is 7. The van der Waals surface area contributed by atoms with E-state index in [1.807, 2.05) is 6.92 Å². The minimum absolute atomic E-state index is 0.0313. The van der Waals surface area contributed by atoms with Gasteiger partial charge >= 0.3 is 0 Å². The molecule has 0 saturated heterocycles. The van der Waals surface area contributed by atoms with Gasteiger partial charge in [-0.1, -0.05) is 6.92 Å². The van der Waals surface area contributed by atoms with Gasteiger partial charge in [0.2, 0.25) is 0 Å². The van der Waals surface area contributed by atoms with E-state index in [9.17, 15) is 10.1 Å². The number of hydrogen-bond acceptors (Lipinski definition) is 5. The highest BCUT2D eigenvalue weighted by Crippen LogP contribution is 2.18. The molecule has 1 unspecified atom stereocenters. The van der Waals surface area contributed by atoms with E-state index in [4.69, 9.17) is 15.7 Å². The molecule has 0 bridgehead atoms. The second-order valence-electron chi connectivity index (χ2n) is 4.32. The zero-order chi connectivity index (χ0) is 14.3. The van der Waals surface area contributed by atoms with Crippen molar-refractivity contribution >= 4 is 5.69 Å². The van der Waals surface area contributed by atoms with Crippen LogP contribution in [0.3, 0.4) is 0 Å². The monoisotopic (exact) mass is 263 g/mol. The van der Waals surface area contributed by atoms with Crippen molar-refractivity contribution in [2.75, 3.05) is 6.61 Å². The first-order valence-electron chi connectivity index (χ1n) is 6.08. The molecule has 1 rings (SSSR count). The molecule has 1 aromatic carbocycles. The molecule has 6 nitrogen and oxygen atoms in total. The Hall–Kier alpha value is -2.13. The molecule has 0 fully saturated rings. The van der Waals surface area contributed by atoms with Gasteiger partial charge in [0.25, 0.3) is 5.69 Å². The first kappa shape index (κ1) is 14.9. The molecule has 0 spiro atoms. The van der Waals surface area contributed by atoms with Gasteiger partial charge in [-0.3, -0.25) is 10.1 Å². The average molecular weight is 263 g/mol. The molecule has 102 valence electrons. The number of nitrogens with zero attached hydrogens (tertiary/aromatic N) is 2. The molecule has 0 amide bonds. The molecule has 0 heterocycles. The lowest BCUT2D eigenvalue weighted by Gasteiger charge is -2.18. The minimum atomic E-state index is -0.793. The SMILES string of the molecule is CCC(N)(C#N)CCCOc1ccc([N+](=O)[O-])cc1. The Morgan fingerprint density at radius 3 is 2.58 bits per heavy atom. The summed E-state index contributed by atoms with van der Waals surface area (Å²) < 4.78 is 5.44. The van der Waals surface area contributed by atoms with Gasteiger partial charge in [0.05, 0.1) is 17.6 Å². The van der Waals surface area contributed by atoms with Gasteiger partial charge in [-0.2, -0.15) is 5.26 Å². The van der Waals surface area contributed by atoms with Crippen LogP contribution in [0.2, 0.25) is 0 Å². The third-order valence-corrected chi connectivity index (χ3v) is 2.94. The standard InChI is InChI=1S/C13H17N3O3/c1-2-13(15,10-14)8-3-9-19-12-6-4-11(5-7-12)16(17)18/h4-7H,2-3,8-9,15H2,1H3. The molecule has 2 N–H and O–H groups in total. The first-order valence-corrected chi connectivity index (χ1v) is 6.08. The van der Waals surface area contributed by atoms with Gasteiger partial charge in [-0.25, -0.2) is 0 Å². The maximum Gasteiger partial charge on any atom is 0.269 e. The summed E-state index contributed by atoms with van der Waals surface area (Å²) in [6, 6.07) is 7.99. The summed E-state index contributed by atoms with van der Waals surface area (Å²) in [7, 11) is 0. The Bertz CT molecular complexity index is 467. The maximum atomic E-state index is 10.5. The van der Waals surface area contributed by atoms with Crippen molar-refractivity contribution in [3.63, 3.8) is 0 Å². The predicted molar refractivity (Wildman–Crippen MR) is 70.6 cm³/mol. The van der Waals surface area contributed by atoms with Gasteiger partial charge < -0.3 is 10.5 Å². The topological polar surface area (TPSA) is 102 Å². The lowest BCUT2D eigenvalue weighted by molar-refractivity contribution is -0.384. The summed E-state index contributed by atoms with van der Waals surface area (Å²) in [5, 5.41) is 19.4. The van der Waals surface area contributed by atoms with Crippen molar-refractivity contribution in [3.05, 3.63) is 34.4 Å². The van der Waals surface area contributed by atoms with Crippen molar-refractivity contribution in [1.29, 1.82) is 5.26 Å². The largest absolute Gasteiger partial charge is 0.494 e. The molecule has 6 heteroatoms. The fraction of sp³-hybridized carbons (Fsp3) is 0.462. The van der Waals surface area contributed by atoms with E-state index in [0.29, 0.717) is 31.6 Å². The molecule has 19 heavy (non-hydrogen) atoms. The van der Waals surface area contributed by atoms with E-state index in [2.05, 4.69) is 6.07 Å². The highest BCUT2D eigenvalue weighted by molar-refractivity contribution is 5.35. The van der Waals surface area contributed by atoms with Crippen LogP contribution in [0.5, 0.6) is 5.75 Å². The van der Waals surface area contributed by atoms with E-state index in [1.165, 1.54) is 12.1 Å². The van der Waals surface area contributed by atoms with E-state index in [1.54, 1.807) is 12.1 Å². The summed E-state index contributed by atoms with van der Waals surface area (Å²) in [5.41, 5.74) is 5.08. The van der Waals surface area contributed by atoms with Crippen LogP contribution in [0.1, 0.15) is 26.2 Å². The van der Waals surface area contributed by atoms with Crippen LogP contribution in [0, 0.1) is 21.4 Å². The number of nitro groups is 1. The van der Waals surface area contributed by atoms with Crippen LogP contribution < -0.4 is 10.5 Å². The fourth-order valence-corrected chi connectivity index (χ4v) is 1.55. The lowest BCUT2D eigenvalue weighted by Crippen LogP contribution is -2.37. The number of nitro benzene ring substituents is 1. The van der Waals surface area contributed by atoms with Gasteiger partial charge in [-0.05, 0) is 31.4 Å². The third kappa shape index (κ3) is 4.56. The van der Waals surface area contributed by atoms with Crippen LogP contribution in [0.25, 0.3) is 0 Å². The number of nitrogens with two attached hydrogens (primary N) is 1. The predicted octanol–water partition coefficient (Wildman–Crippen LogP) is 2.38. The van der Waals surface area contributed by atoms with Crippen molar-refractivity contribution in [2.24, 2.45) is 5.73 Å². The molecular weight excluding hydrogens is 246 g/mol.